The number of hydrogen-bond acceptors (Lipinski definition) is 6. The number of carbonyl (C=O) groups excluding carboxylic acids is 1. The monoisotopic (exact) mass is 378 g/mol. The molecule has 0 spiro atoms. The van der Waals surface area contributed by atoms with Gasteiger partial charge in [-0.3, -0.25) is 0 Å². The predicted octanol–water partition coefficient (Wildman–Crippen LogP) is 3.78. The number of amides is 1. The Kier molecular flexibility index (Phi) is 8.57. The van der Waals surface area contributed by atoms with Crippen LogP contribution >= 0.6 is 0 Å². The minimum absolute atomic E-state index is 0.279. The van der Waals surface area contributed by atoms with Crippen molar-refractivity contribution in [3.05, 3.63) is 36.4 Å². The Morgan fingerprint density at radius 3 is 2.59 bits per heavy atom. The Bertz CT molecular complexity index is 597. The molecule has 0 aromatic heterocycles. The summed E-state index contributed by atoms with van der Waals surface area (Å²) in [5.74, 6) is 6.02. The molecule has 7 nitrogen and oxygen atoms in total. The molecule has 1 aliphatic rings. The summed E-state index contributed by atoms with van der Waals surface area (Å²) in [4.78, 5) is 11.6. The lowest BCUT2D eigenvalue weighted by molar-refractivity contribution is -0.147. The summed E-state index contributed by atoms with van der Waals surface area (Å²) in [6.07, 6.45) is 7.62. The Balaban J connectivity index is 1.60. The standard InChI is InChI=1S/C20H30N2O5/c1-3-24-19(23)22(21)17-9-11-18(12-10-17)25-14-8-6-4-5-7-13-20(2)26-15-16-27-20/h6,8-12H,3-5,7,13-16,21H2,1-2H3/b8-6+. The number of nitrogens with zero attached hydrogens (tertiary/aromatic N) is 1. The third-order valence-corrected chi connectivity index (χ3v) is 4.24. The smallest absolute Gasteiger partial charge is 0.428 e. The van der Waals surface area contributed by atoms with E-state index in [1.165, 1.54) is 0 Å². The molecule has 1 amide bonds. The fourth-order valence-electron chi connectivity index (χ4n) is 2.74. The van der Waals surface area contributed by atoms with E-state index in [9.17, 15) is 4.79 Å². The highest BCUT2D eigenvalue weighted by atomic mass is 16.7. The van der Waals surface area contributed by atoms with Crippen molar-refractivity contribution >= 4 is 11.8 Å². The van der Waals surface area contributed by atoms with Crippen molar-refractivity contribution in [2.24, 2.45) is 5.84 Å². The van der Waals surface area contributed by atoms with E-state index >= 15 is 0 Å². The molecular formula is C20H30N2O5. The minimum atomic E-state index is -0.589. The molecule has 0 unspecified atom stereocenters. The normalized spacial score (nSPS) is 15.8. The molecule has 1 saturated heterocycles. The maximum atomic E-state index is 11.6. The lowest BCUT2D eigenvalue weighted by Gasteiger charge is -2.21. The second-order valence-electron chi connectivity index (χ2n) is 6.42. The van der Waals surface area contributed by atoms with E-state index in [4.69, 9.17) is 24.8 Å². The van der Waals surface area contributed by atoms with E-state index < -0.39 is 6.09 Å². The first kappa shape index (κ1) is 21.2. The SMILES string of the molecule is CCOC(=O)N(N)c1ccc(OC/C=C/CCCCC2(C)OCCO2)cc1. The van der Waals surface area contributed by atoms with Crippen LogP contribution in [-0.2, 0) is 14.2 Å². The molecule has 7 heteroatoms. The van der Waals surface area contributed by atoms with Crippen molar-refractivity contribution in [3.63, 3.8) is 0 Å². The van der Waals surface area contributed by atoms with Gasteiger partial charge in [-0.05, 0) is 57.4 Å². The van der Waals surface area contributed by atoms with Gasteiger partial charge in [-0.15, -0.1) is 0 Å². The van der Waals surface area contributed by atoms with Gasteiger partial charge >= 0.3 is 6.09 Å². The van der Waals surface area contributed by atoms with Gasteiger partial charge in [0.2, 0.25) is 0 Å². The topological polar surface area (TPSA) is 83.3 Å². The van der Waals surface area contributed by atoms with Crippen LogP contribution in [0.5, 0.6) is 5.75 Å². The summed E-state index contributed by atoms with van der Waals surface area (Å²) in [5.41, 5.74) is 0.542. The summed E-state index contributed by atoms with van der Waals surface area (Å²) >= 11 is 0. The first-order valence-electron chi connectivity index (χ1n) is 9.41. The van der Waals surface area contributed by atoms with Gasteiger partial charge < -0.3 is 18.9 Å². The zero-order chi connectivity index (χ0) is 19.5. The van der Waals surface area contributed by atoms with Crippen LogP contribution in [0.25, 0.3) is 0 Å². The second-order valence-corrected chi connectivity index (χ2v) is 6.42. The van der Waals surface area contributed by atoms with Crippen LogP contribution in [-0.4, -0.2) is 38.3 Å². The fourth-order valence-corrected chi connectivity index (χ4v) is 2.74. The number of unbranched alkanes of at least 4 members (excludes halogenated alkanes) is 2. The molecule has 0 saturated carbocycles. The number of nitrogens with two attached hydrogens (primary N) is 1. The molecule has 2 rings (SSSR count). The molecule has 0 atom stereocenters. The highest BCUT2D eigenvalue weighted by Crippen LogP contribution is 2.25. The van der Waals surface area contributed by atoms with Gasteiger partial charge in [0.25, 0.3) is 0 Å². The average Bonchev–Trinajstić information content (AvgIpc) is 3.10. The molecule has 1 heterocycles. The van der Waals surface area contributed by atoms with Crippen LogP contribution in [0.15, 0.2) is 36.4 Å². The number of rotatable bonds is 10. The first-order chi connectivity index (χ1) is 13.0. The number of benzene rings is 1. The van der Waals surface area contributed by atoms with Crippen molar-refractivity contribution in [2.75, 3.05) is 31.4 Å². The third kappa shape index (κ3) is 7.21. The minimum Gasteiger partial charge on any atom is -0.490 e. The van der Waals surface area contributed by atoms with Crippen molar-refractivity contribution in [2.45, 2.75) is 45.3 Å². The Labute approximate surface area is 161 Å². The van der Waals surface area contributed by atoms with Gasteiger partial charge in [-0.25, -0.2) is 15.6 Å². The first-order valence-corrected chi connectivity index (χ1v) is 9.41. The fraction of sp³-hybridized carbons (Fsp3) is 0.550. The number of allylic oxidation sites excluding steroid dienone is 1. The van der Waals surface area contributed by atoms with Gasteiger partial charge in [0.15, 0.2) is 5.79 Å². The summed E-state index contributed by atoms with van der Waals surface area (Å²) < 4.78 is 21.7. The second kappa shape index (κ2) is 10.9. The van der Waals surface area contributed by atoms with E-state index in [1.54, 1.807) is 31.2 Å². The highest BCUT2D eigenvalue weighted by Gasteiger charge is 2.29. The van der Waals surface area contributed by atoms with E-state index in [2.05, 4.69) is 6.08 Å². The molecule has 0 radical (unpaired) electrons. The van der Waals surface area contributed by atoms with E-state index in [0.717, 1.165) is 30.7 Å². The summed E-state index contributed by atoms with van der Waals surface area (Å²) in [6, 6.07) is 6.96. The van der Waals surface area contributed by atoms with Crippen LogP contribution in [0.2, 0.25) is 0 Å². The van der Waals surface area contributed by atoms with Crippen molar-refractivity contribution in [1.29, 1.82) is 0 Å². The van der Waals surface area contributed by atoms with Crippen LogP contribution in [0.3, 0.4) is 0 Å². The van der Waals surface area contributed by atoms with Crippen LogP contribution in [0.4, 0.5) is 10.5 Å². The number of carbonyl (C=O) groups is 1. The van der Waals surface area contributed by atoms with Gasteiger partial charge in [-0.2, -0.15) is 0 Å². The summed E-state index contributed by atoms with van der Waals surface area (Å²) in [5, 5.41) is 0.968. The zero-order valence-corrected chi connectivity index (χ0v) is 16.2. The Morgan fingerprint density at radius 2 is 1.93 bits per heavy atom. The van der Waals surface area contributed by atoms with Crippen molar-refractivity contribution in [1.82, 2.24) is 0 Å². The predicted molar refractivity (Wildman–Crippen MR) is 104 cm³/mol. The third-order valence-electron chi connectivity index (χ3n) is 4.24. The van der Waals surface area contributed by atoms with E-state index in [-0.39, 0.29) is 12.4 Å². The summed E-state index contributed by atoms with van der Waals surface area (Å²) in [7, 11) is 0. The lowest BCUT2D eigenvalue weighted by atomic mass is 10.1. The largest absolute Gasteiger partial charge is 0.490 e. The molecule has 2 N–H and O–H groups in total. The molecule has 1 fully saturated rings. The summed E-state index contributed by atoms with van der Waals surface area (Å²) in [6.45, 7) is 5.90. The molecule has 0 aliphatic carbocycles. The van der Waals surface area contributed by atoms with Crippen molar-refractivity contribution in [3.8, 4) is 5.75 Å². The molecule has 1 aromatic carbocycles. The molecule has 27 heavy (non-hydrogen) atoms. The maximum absolute atomic E-state index is 11.6. The number of ether oxygens (including phenoxy) is 4. The average molecular weight is 378 g/mol. The number of anilines is 1. The maximum Gasteiger partial charge on any atom is 0.428 e. The lowest BCUT2D eigenvalue weighted by Crippen LogP contribution is -2.37. The van der Waals surface area contributed by atoms with Crippen LogP contribution < -0.4 is 15.6 Å². The Hall–Kier alpha value is -2.09. The van der Waals surface area contributed by atoms with Gasteiger partial charge in [0.05, 0.1) is 25.5 Å². The highest BCUT2D eigenvalue weighted by molar-refractivity contribution is 5.86. The molecule has 1 aromatic rings. The quantitative estimate of drug-likeness (QED) is 0.219. The molecule has 1 aliphatic heterocycles. The van der Waals surface area contributed by atoms with Crippen LogP contribution in [0, 0.1) is 0 Å². The van der Waals surface area contributed by atoms with Gasteiger partial charge in [0, 0.05) is 6.42 Å². The number of hydrazine groups is 1. The van der Waals surface area contributed by atoms with Gasteiger partial charge in [-0.1, -0.05) is 12.2 Å². The number of hydrogen-bond donors (Lipinski definition) is 1. The molecule has 150 valence electrons. The van der Waals surface area contributed by atoms with E-state index in [1.807, 2.05) is 13.0 Å². The van der Waals surface area contributed by atoms with Crippen molar-refractivity contribution < 1.29 is 23.7 Å². The van der Waals surface area contributed by atoms with E-state index in [0.29, 0.717) is 31.3 Å². The van der Waals surface area contributed by atoms with Gasteiger partial charge in [0.1, 0.15) is 12.4 Å². The zero-order valence-electron chi connectivity index (χ0n) is 16.2. The Morgan fingerprint density at radius 1 is 1.22 bits per heavy atom. The molecule has 0 bridgehead atoms. The van der Waals surface area contributed by atoms with Crippen LogP contribution in [0.1, 0.15) is 39.5 Å². The molecular weight excluding hydrogens is 348 g/mol.